The van der Waals surface area contributed by atoms with Gasteiger partial charge in [0.25, 0.3) is 0 Å². The average Bonchev–Trinajstić information content (AvgIpc) is 3.08. The summed E-state index contributed by atoms with van der Waals surface area (Å²) >= 11 is 0. The summed E-state index contributed by atoms with van der Waals surface area (Å²) in [5, 5.41) is 7.83. The first kappa shape index (κ1) is 21.8. The van der Waals surface area contributed by atoms with Gasteiger partial charge >= 0.3 is 5.76 Å². The highest BCUT2D eigenvalue weighted by molar-refractivity contribution is 7.89. The molecule has 1 aliphatic heterocycles. The minimum atomic E-state index is -3.79. The summed E-state index contributed by atoms with van der Waals surface area (Å²) in [7, 11) is -3.79. The summed E-state index contributed by atoms with van der Waals surface area (Å²) in [4.78, 5) is 38.9. The van der Waals surface area contributed by atoms with Gasteiger partial charge in [0.1, 0.15) is 6.54 Å². The van der Waals surface area contributed by atoms with E-state index in [1.54, 1.807) is 29.2 Å². The number of sulfonamides is 1. The van der Waals surface area contributed by atoms with Crippen LogP contribution in [0.4, 0.5) is 5.69 Å². The number of nitrogens with one attached hydrogen (secondary N) is 1. The number of nitrogens with zero attached hydrogens (tertiary/aromatic N) is 2. The van der Waals surface area contributed by atoms with Crippen LogP contribution in [0.1, 0.15) is 12.8 Å². The molecule has 1 saturated heterocycles. The van der Waals surface area contributed by atoms with Gasteiger partial charge in [-0.1, -0.05) is 12.1 Å². The monoisotopic (exact) mass is 458 g/mol. The molecule has 0 radical (unpaired) electrons. The van der Waals surface area contributed by atoms with Gasteiger partial charge < -0.3 is 14.6 Å². The van der Waals surface area contributed by atoms with Crippen LogP contribution < -0.4 is 16.2 Å². The minimum absolute atomic E-state index is 0.0353. The van der Waals surface area contributed by atoms with Crippen molar-refractivity contribution in [2.75, 3.05) is 18.4 Å². The number of nitrogens with two attached hydrogens (primary N) is 1. The number of primary sulfonamides is 1. The number of carbonyl (C=O) groups excluding carboxylic acids is 2. The fraction of sp³-hybridized carbons (Fsp3) is 0.286. The molecule has 10 nitrogen and oxygen atoms in total. The average molecular weight is 458 g/mol. The summed E-state index contributed by atoms with van der Waals surface area (Å²) in [6, 6.07) is 12.5. The summed E-state index contributed by atoms with van der Waals surface area (Å²) in [6.07, 6.45) is 0.960. The fourth-order valence-electron chi connectivity index (χ4n) is 3.76. The van der Waals surface area contributed by atoms with Crippen molar-refractivity contribution < 1.29 is 22.4 Å². The number of piperidine rings is 1. The van der Waals surface area contributed by atoms with E-state index in [1.165, 1.54) is 28.8 Å². The number of anilines is 1. The number of oxazole rings is 1. The SMILES string of the molecule is NS(=O)(=O)c1ccc(NC(=O)C2CCN(C(=O)Cn3c(=O)oc4ccccc43)CC2)cc1. The number of fused-ring (bicyclic) bond motifs is 1. The van der Waals surface area contributed by atoms with Crippen LogP contribution in [0, 0.1) is 5.92 Å². The van der Waals surface area contributed by atoms with Crippen molar-refractivity contribution in [3.05, 3.63) is 59.1 Å². The van der Waals surface area contributed by atoms with Crippen molar-refractivity contribution in [1.82, 2.24) is 9.47 Å². The quantitative estimate of drug-likeness (QED) is 0.586. The van der Waals surface area contributed by atoms with E-state index in [0.29, 0.717) is 42.7 Å². The van der Waals surface area contributed by atoms with E-state index in [2.05, 4.69) is 5.32 Å². The van der Waals surface area contributed by atoms with Crippen molar-refractivity contribution in [2.24, 2.45) is 11.1 Å². The van der Waals surface area contributed by atoms with Crippen molar-refractivity contribution in [3.8, 4) is 0 Å². The first-order chi connectivity index (χ1) is 15.2. The Bertz CT molecular complexity index is 1320. The lowest BCUT2D eigenvalue weighted by molar-refractivity contribution is -0.135. The molecule has 2 heterocycles. The van der Waals surface area contributed by atoms with Gasteiger partial charge in [0.05, 0.1) is 10.4 Å². The molecule has 1 aliphatic rings. The van der Waals surface area contributed by atoms with Crippen LogP contribution in [-0.2, 0) is 26.2 Å². The molecule has 4 rings (SSSR count). The van der Waals surface area contributed by atoms with Crippen molar-refractivity contribution >= 4 is 38.6 Å². The van der Waals surface area contributed by atoms with Crippen molar-refractivity contribution in [2.45, 2.75) is 24.3 Å². The molecular weight excluding hydrogens is 436 g/mol. The van der Waals surface area contributed by atoms with Gasteiger partial charge in [-0.3, -0.25) is 14.2 Å². The maximum absolute atomic E-state index is 12.7. The Morgan fingerprint density at radius 3 is 2.38 bits per heavy atom. The lowest BCUT2D eigenvalue weighted by Crippen LogP contribution is -2.43. The van der Waals surface area contributed by atoms with Crippen LogP contribution in [0.5, 0.6) is 0 Å². The predicted octanol–water partition coefficient (Wildman–Crippen LogP) is 1.12. The summed E-state index contributed by atoms with van der Waals surface area (Å²) in [5.41, 5.74) is 1.46. The lowest BCUT2D eigenvalue weighted by atomic mass is 9.95. The third kappa shape index (κ3) is 4.58. The lowest BCUT2D eigenvalue weighted by Gasteiger charge is -2.31. The van der Waals surface area contributed by atoms with Crippen LogP contribution >= 0.6 is 0 Å². The molecule has 168 valence electrons. The van der Waals surface area contributed by atoms with E-state index in [-0.39, 0.29) is 29.2 Å². The van der Waals surface area contributed by atoms with Gasteiger partial charge in [-0.05, 0) is 49.2 Å². The van der Waals surface area contributed by atoms with Gasteiger partial charge in [-0.2, -0.15) is 0 Å². The molecule has 3 aromatic rings. The first-order valence-electron chi connectivity index (χ1n) is 10.0. The fourth-order valence-corrected chi connectivity index (χ4v) is 4.28. The number of rotatable bonds is 5. The molecule has 0 bridgehead atoms. The number of hydrogen-bond acceptors (Lipinski definition) is 6. The smallest absolute Gasteiger partial charge is 0.408 e. The Hall–Kier alpha value is -3.44. The molecular formula is C21H22N4O6S. The second kappa shape index (κ2) is 8.60. The van der Waals surface area contributed by atoms with E-state index < -0.39 is 15.8 Å². The van der Waals surface area contributed by atoms with E-state index in [9.17, 15) is 22.8 Å². The highest BCUT2D eigenvalue weighted by Gasteiger charge is 2.28. The molecule has 2 amide bonds. The topological polar surface area (TPSA) is 145 Å². The number of hydrogen-bond donors (Lipinski definition) is 2. The Morgan fingerprint density at radius 1 is 1.06 bits per heavy atom. The largest absolute Gasteiger partial charge is 0.420 e. The Morgan fingerprint density at radius 2 is 1.72 bits per heavy atom. The normalized spacial score (nSPS) is 15.1. The number of para-hydroxylation sites is 2. The van der Waals surface area contributed by atoms with Gasteiger partial charge in [-0.15, -0.1) is 0 Å². The maximum Gasteiger partial charge on any atom is 0.420 e. The van der Waals surface area contributed by atoms with Gasteiger partial charge in [0, 0.05) is 24.7 Å². The second-order valence-electron chi connectivity index (χ2n) is 7.64. The molecule has 0 spiro atoms. The Kier molecular flexibility index (Phi) is 5.85. The molecule has 3 N–H and O–H groups in total. The number of amides is 2. The number of aromatic nitrogens is 1. The molecule has 1 aromatic heterocycles. The zero-order valence-corrected chi connectivity index (χ0v) is 17.9. The number of likely N-dealkylation sites (tertiary alicyclic amines) is 1. The van der Waals surface area contributed by atoms with Gasteiger partial charge in [0.15, 0.2) is 5.58 Å². The molecule has 11 heteroatoms. The molecule has 0 saturated carbocycles. The third-order valence-corrected chi connectivity index (χ3v) is 6.47. The molecule has 2 aromatic carbocycles. The van der Waals surface area contributed by atoms with Crippen LogP contribution in [0.25, 0.3) is 11.1 Å². The standard InChI is InChI=1S/C21H22N4O6S/c22-32(29,30)16-7-5-15(6-8-16)23-20(27)14-9-11-24(12-10-14)19(26)13-25-17-3-1-2-4-18(17)31-21(25)28/h1-8,14H,9-13H2,(H,23,27)(H2,22,29,30). The summed E-state index contributed by atoms with van der Waals surface area (Å²) < 4.78 is 29.1. The zero-order chi connectivity index (χ0) is 22.9. The van der Waals surface area contributed by atoms with Crippen molar-refractivity contribution in [3.63, 3.8) is 0 Å². The highest BCUT2D eigenvalue weighted by atomic mass is 32.2. The molecule has 1 fully saturated rings. The minimum Gasteiger partial charge on any atom is -0.408 e. The Balaban J connectivity index is 1.33. The van der Waals surface area contributed by atoms with Crippen LogP contribution in [0.2, 0.25) is 0 Å². The first-order valence-corrected chi connectivity index (χ1v) is 11.6. The second-order valence-corrected chi connectivity index (χ2v) is 9.20. The van der Waals surface area contributed by atoms with Crippen LogP contribution in [-0.4, -0.2) is 42.8 Å². The summed E-state index contributed by atoms with van der Waals surface area (Å²) in [6.45, 7) is 0.667. The predicted molar refractivity (Wildman–Crippen MR) is 116 cm³/mol. The Labute approximate surface area is 183 Å². The van der Waals surface area contributed by atoms with Gasteiger partial charge in [0.2, 0.25) is 21.8 Å². The molecule has 0 atom stereocenters. The van der Waals surface area contributed by atoms with Crippen LogP contribution in [0.15, 0.2) is 62.6 Å². The van der Waals surface area contributed by atoms with E-state index >= 15 is 0 Å². The maximum atomic E-state index is 12.7. The highest BCUT2D eigenvalue weighted by Crippen LogP contribution is 2.21. The van der Waals surface area contributed by atoms with Crippen LogP contribution in [0.3, 0.4) is 0 Å². The van der Waals surface area contributed by atoms with Gasteiger partial charge in [-0.25, -0.2) is 18.4 Å². The van der Waals surface area contributed by atoms with E-state index in [0.717, 1.165) is 0 Å². The number of benzene rings is 2. The zero-order valence-electron chi connectivity index (χ0n) is 17.1. The molecule has 0 unspecified atom stereocenters. The number of carbonyl (C=O) groups is 2. The molecule has 0 aliphatic carbocycles. The summed E-state index contributed by atoms with van der Waals surface area (Å²) in [5.74, 6) is -1.27. The van der Waals surface area contributed by atoms with E-state index in [4.69, 9.17) is 9.56 Å². The van der Waals surface area contributed by atoms with Crippen molar-refractivity contribution in [1.29, 1.82) is 0 Å². The van der Waals surface area contributed by atoms with E-state index in [1.807, 2.05) is 0 Å². The molecule has 32 heavy (non-hydrogen) atoms. The third-order valence-electron chi connectivity index (χ3n) is 5.54.